The summed E-state index contributed by atoms with van der Waals surface area (Å²) in [6, 6.07) is 20.5. The second-order valence-electron chi connectivity index (χ2n) is 5.90. The van der Waals surface area contributed by atoms with Crippen LogP contribution in [0.5, 0.6) is 5.75 Å². The molecule has 9 heteroatoms. The van der Waals surface area contributed by atoms with Crippen LogP contribution in [0.15, 0.2) is 82.8 Å². The van der Waals surface area contributed by atoms with Crippen LogP contribution in [-0.2, 0) is 12.6 Å². The Morgan fingerprint density at radius 1 is 0.897 bits per heavy atom. The molecule has 0 aromatic heterocycles. The van der Waals surface area contributed by atoms with Gasteiger partial charge in [-0.3, -0.25) is 0 Å². The fraction of sp³-hybridized carbons (Fsp3) is 0.100. The molecule has 0 aliphatic rings. The Balaban J connectivity index is 2.01. The predicted molar refractivity (Wildman–Crippen MR) is 119 cm³/mol. The molecule has 0 aliphatic heterocycles. The van der Waals surface area contributed by atoms with Gasteiger partial charge in [-0.2, -0.15) is 0 Å². The molecule has 0 saturated heterocycles. The summed E-state index contributed by atoms with van der Waals surface area (Å²) in [4.78, 5) is 2.88. The van der Waals surface area contributed by atoms with Gasteiger partial charge in [0.15, 0.2) is 0 Å². The molecule has 3 aromatic rings. The second-order valence-corrected chi connectivity index (χ2v) is 12.4. The summed E-state index contributed by atoms with van der Waals surface area (Å²) in [6.45, 7) is 1.89. The molecule has 0 spiro atoms. The Morgan fingerprint density at radius 2 is 1.45 bits per heavy atom. The normalized spacial score (nSPS) is 11.4. The third kappa shape index (κ3) is 5.27. The van der Waals surface area contributed by atoms with E-state index in [9.17, 15) is 8.42 Å². The molecular weight excluding hydrogens is 505 g/mol. The summed E-state index contributed by atoms with van der Waals surface area (Å²) in [7, 11) is -2.38. The van der Waals surface area contributed by atoms with E-state index in [2.05, 4.69) is 10.0 Å². The second kappa shape index (κ2) is 9.27. The topological polar surface area (TPSA) is 101 Å². The number of nitrogens with zero attached hydrogens (tertiary/aromatic N) is 3. The van der Waals surface area contributed by atoms with Crippen molar-refractivity contribution in [1.29, 1.82) is 0 Å². The zero-order valence-electron chi connectivity index (χ0n) is 15.7. The van der Waals surface area contributed by atoms with Gasteiger partial charge in [-0.15, -0.1) is 0 Å². The average molecular weight is 523 g/mol. The summed E-state index contributed by atoms with van der Waals surface area (Å²) in [6.07, 6.45) is 0. The summed E-state index contributed by atoms with van der Waals surface area (Å²) in [5, 5.41) is 3.56. The van der Waals surface area contributed by atoms with Crippen molar-refractivity contribution in [2.45, 2.75) is 11.8 Å². The number of rotatable bonds is 7. The van der Waals surface area contributed by atoms with E-state index in [1.165, 1.54) is 12.1 Å². The minimum atomic E-state index is -3.95. The number of hydrogen-bond acceptors (Lipinski definition) is 5. The van der Waals surface area contributed by atoms with Gasteiger partial charge in [0, 0.05) is 0 Å². The first-order chi connectivity index (χ1) is 13.9. The van der Waals surface area contributed by atoms with Crippen LogP contribution < -0.4 is 4.74 Å². The summed E-state index contributed by atoms with van der Waals surface area (Å²) < 4.78 is 38.4. The molecule has 0 amide bonds. The van der Waals surface area contributed by atoms with Crippen molar-refractivity contribution in [3.05, 3.63) is 95.9 Å². The van der Waals surface area contributed by atoms with Crippen LogP contribution in [0.3, 0.4) is 0 Å². The molecule has 0 bridgehead atoms. The Labute approximate surface area is 177 Å². The number of azide groups is 1. The quantitative estimate of drug-likeness (QED) is 0.169. The molecule has 0 heterocycles. The van der Waals surface area contributed by atoms with Crippen molar-refractivity contribution in [3.63, 3.8) is 0 Å². The van der Waals surface area contributed by atoms with Crippen LogP contribution in [-0.4, -0.2) is 15.5 Å². The van der Waals surface area contributed by atoms with E-state index < -0.39 is 30.4 Å². The van der Waals surface area contributed by atoms with Gasteiger partial charge in [0.1, 0.15) is 0 Å². The van der Waals surface area contributed by atoms with Crippen LogP contribution >= 0.6 is 20.2 Å². The van der Waals surface area contributed by atoms with Gasteiger partial charge in [-0.05, 0) is 0 Å². The predicted octanol–water partition coefficient (Wildman–Crippen LogP) is 5.81. The summed E-state index contributed by atoms with van der Waals surface area (Å²) in [5.74, 6) is 0.671. The molecular formula is C20H18IN3O4S. The maximum atomic E-state index is 12.9. The van der Waals surface area contributed by atoms with E-state index in [1.54, 1.807) is 55.6 Å². The molecule has 0 radical (unpaired) electrons. The summed E-state index contributed by atoms with van der Waals surface area (Å²) >= 11 is -2.83. The molecule has 0 atom stereocenters. The average Bonchev–Trinajstić information content (AvgIpc) is 2.73. The Hall–Kier alpha value is -2.59. The van der Waals surface area contributed by atoms with E-state index in [0.717, 1.165) is 12.7 Å². The molecule has 3 rings (SSSR count). The van der Waals surface area contributed by atoms with Gasteiger partial charge in [0.05, 0.1) is 0 Å². The van der Waals surface area contributed by atoms with Crippen LogP contribution in [0.25, 0.3) is 10.4 Å². The third-order valence-electron chi connectivity index (χ3n) is 3.89. The molecule has 3 aromatic carbocycles. The summed E-state index contributed by atoms with van der Waals surface area (Å²) in [5.41, 5.74) is 9.98. The molecule has 29 heavy (non-hydrogen) atoms. The molecule has 0 fully saturated rings. The molecule has 0 aliphatic carbocycles. The minimum absolute atomic E-state index is 0.115. The van der Waals surface area contributed by atoms with E-state index >= 15 is 0 Å². The Morgan fingerprint density at radius 3 is 1.97 bits per heavy atom. The van der Waals surface area contributed by atoms with Gasteiger partial charge in [0.2, 0.25) is 0 Å². The number of aryl methyl sites for hydroxylation is 1. The first-order valence-electron chi connectivity index (χ1n) is 8.44. The zero-order chi connectivity index (χ0) is 20.9. The molecule has 0 unspecified atom stereocenters. The number of hydrogen-bond donors (Lipinski definition) is 0. The number of halogens is 1. The van der Waals surface area contributed by atoms with Crippen LogP contribution in [0, 0.1) is 14.1 Å². The van der Waals surface area contributed by atoms with E-state index in [1.807, 2.05) is 19.1 Å². The molecule has 0 N–H and O–H groups in total. The SMILES string of the molecule is COc1ccc(I(OS(=O)(=O)c2ccc(C)cc2)c2ccc(N=[N+]=[N-])cc2)cc1. The van der Waals surface area contributed by atoms with Crippen molar-refractivity contribution in [1.82, 2.24) is 0 Å². The van der Waals surface area contributed by atoms with Gasteiger partial charge >= 0.3 is 177 Å². The fourth-order valence-electron chi connectivity index (χ4n) is 2.38. The third-order valence-corrected chi connectivity index (χ3v) is 11.2. The van der Waals surface area contributed by atoms with E-state index in [0.29, 0.717) is 11.4 Å². The van der Waals surface area contributed by atoms with Crippen LogP contribution in [0.1, 0.15) is 5.56 Å². The first-order valence-corrected chi connectivity index (χ1v) is 12.9. The van der Waals surface area contributed by atoms with Crippen LogP contribution in [0.4, 0.5) is 5.69 Å². The molecule has 150 valence electrons. The zero-order valence-corrected chi connectivity index (χ0v) is 18.7. The number of methoxy groups -OCH3 is 1. The van der Waals surface area contributed by atoms with Crippen molar-refractivity contribution in [2.75, 3.05) is 7.11 Å². The number of ether oxygens (including phenoxy) is 1. The monoisotopic (exact) mass is 523 g/mol. The fourth-order valence-corrected chi connectivity index (χ4v) is 9.27. The van der Waals surface area contributed by atoms with Gasteiger partial charge in [-0.25, -0.2) is 0 Å². The van der Waals surface area contributed by atoms with Crippen molar-refractivity contribution >= 4 is 36.0 Å². The Bertz CT molecular complexity index is 1130. The van der Waals surface area contributed by atoms with Crippen molar-refractivity contribution < 1.29 is 15.7 Å². The standard InChI is InChI=1S/C20H18IN3O4S/c1-15-3-13-20(14-4-15)29(25,26)28-21(17-7-11-19(27-2)12-8-17)16-5-9-18(10-6-16)23-24-22/h3-14H,1-2H3. The van der Waals surface area contributed by atoms with Gasteiger partial charge in [0.25, 0.3) is 0 Å². The van der Waals surface area contributed by atoms with Gasteiger partial charge < -0.3 is 0 Å². The van der Waals surface area contributed by atoms with E-state index in [4.69, 9.17) is 12.8 Å². The van der Waals surface area contributed by atoms with Crippen LogP contribution in [0.2, 0.25) is 0 Å². The van der Waals surface area contributed by atoms with Crippen molar-refractivity contribution in [2.24, 2.45) is 5.11 Å². The maximum absolute atomic E-state index is 12.9. The van der Waals surface area contributed by atoms with Crippen molar-refractivity contribution in [3.8, 4) is 5.75 Å². The van der Waals surface area contributed by atoms with E-state index in [-0.39, 0.29) is 4.90 Å². The Kier molecular flexibility index (Phi) is 6.75. The molecule has 0 saturated carbocycles. The molecule has 7 nitrogen and oxygen atoms in total. The number of benzene rings is 3. The van der Waals surface area contributed by atoms with Gasteiger partial charge in [-0.1, -0.05) is 0 Å². The first kappa shape index (κ1) is 21.1.